The molecule has 156 valence electrons. The molecule has 29 heavy (non-hydrogen) atoms. The number of nitro benzene ring substituents is 1. The Kier molecular flexibility index (Phi) is 6.82. The molecule has 0 aliphatic carbocycles. The largest absolute Gasteiger partial charge is 0.459 e. The molecule has 4 atom stereocenters. The monoisotopic (exact) mass is 425 g/mol. The van der Waals surface area contributed by atoms with Gasteiger partial charge in [-0.25, -0.2) is 9.00 Å². The average Bonchev–Trinajstić information content (AvgIpc) is 2.64. The molecule has 2 N–H and O–H groups in total. The van der Waals surface area contributed by atoms with Gasteiger partial charge < -0.3 is 19.5 Å². The second-order valence-electron chi connectivity index (χ2n) is 6.37. The molecule has 1 aromatic carbocycles. The van der Waals surface area contributed by atoms with Crippen molar-refractivity contribution in [1.82, 2.24) is 10.2 Å². The van der Waals surface area contributed by atoms with Gasteiger partial charge in [-0.3, -0.25) is 19.7 Å². The molecule has 0 aromatic heterocycles. The van der Waals surface area contributed by atoms with Crippen LogP contribution in [0.3, 0.4) is 0 Å². The third kappa shape index (κ3) is 4.84. The fourth-order valence-electron chi connectivity index (χ4n) is 2.83. The molecule has 0 bridgehead atoms. The van der Waals surface area contributed by atoms with E-state index < -0.39 is 51.2 Å². The van der Waals surface area contributed by atoms with E-state index in [2.05, 4.69) is 11.9 Å². The predicted molar refractivity (Wildman–Crippen MR) is 101 cm³/mol. The minimum Gasteiger partial charge on any atom is -0.459 e. The van der Waals surface area contributed by atoms with Crippen LogP contribution in [0.15, 0.2) is 36.4 Å². The Labute approximate surface area is 168 Å². The lowest BCUT2D eigenvalue weighted by molar-refractivity contribution is -0.384. The summed E-state index contributed by atoms with van der Waals surface area (Å²) in [7, 11) is 0. The summed E-state index contributed by atoms with van der Waals surface area (Å²) in [5, 5.41) is 11.6. The van der Waals surface area contributed by atoms with Gasteiger partial charge in [-0.05, 0) is 30.2 Å². The number of nitrogens with one attached hydrogen (secondary N) is 1. The van der Waals surface area contributed by atoms with Crippen LogP contribution in [0.1, 0.15) is 19.4 Å². The van der Waals surface area contributed by atoms with Gasteiger partial charge in [0, 0.05) is 19.1 Å². The summed E-state index contributed by atoms with van der Waals surface area (Å²) in [6.45, 7) is 6.02. The molecule has 4 unspecified atom stereocenters. The Hall–Kier alpha value is -3.12. The van der Waals surface area contributed by atoms with E-state index in [0.29, 0.717) is 5.56 Å². The maximum atomic E-state index is 12.6. The van der Waals surface area contributed by atoms with Crippen LogP contribution in [-0.2, 0) is 36.8 Å². The van der Waals surface area contributed by atoms with E-state index in [4.69, 9.17) is 4.74 Å². The highest BCUT2D eigenvalue weighted by Crippen LogP contribution is 2.29. The van der Waals surface area contributed by atoms with E-state index in [1.165, 1.54) is 31.2 Å². The van der Waals surface area contributed by atoms with Crippen LogP contribution >= 0.6 is 0 Å². The van der Waals surface area contributed by atoms with Crippen molar-refractivity contribution in [2.75, 3.05) is 0 Å². The summed E-state index contributed by atoms with van der Waals surface area (Å²) in [5.41, 5.74) is 0.546. The molecule has 0 radical (unpaired) electrons. The topological polar surface area (TPSA) is 156 Å². The van der Waals surface area contributed by atoms with Crippen LogP contribution < -0.4 is 5.32 Å². The first kappa shape index (κ1) is 22.2. The fourth-order valence-corrected chi connectivity index (χ4v) is 3.66. The number of hydrogen-bond acceptors (Lipinski definition) is 7. The van der Waals surface area contributed by atoms with Gasteiger partial charge >= 0.3 is 5.97 Å². The number of nitro groups is 1. The first-order valence-corrected chi connectivity index (χ1v) is 9.46. The van der Waals surface area contributed by atoms with Crippen molar-refractivity contribution in [1.29, 1.82) is 0 Å². The van der Waals surface area contributed by atoms with Crippen LogP contribution in [-0.4, -0.2) is 53.8 Å². The SMILES string of the molecule is C=C(C)C(C(=O)OCc1ccc([N+](=O)[O-])cc1)N1C(=O)C(NC(C)=O)C1S(=O)O. The molecule has 2 amide bonds. The summed E-state index contributed by atoms with van der Waals surface area (Å²) >= 11 is -2.54. The first-order chi connectivity index (χ1) is 13.5. The lowest BCUT2D eigenvalue weighted by Gasteiger charge is -2.47. The number of β-lactam (4-membered cyclic amide) rings is 1. The van der Waals surface area contributed by atoms with Gasteiger partial charge in [-0.1, -0.05) is 6.58 Å². The van der Waals surface area contributed by atoms with Crippen molar-refractivity contribution < 1.29 is 32.8 Å². The van der Waals surface area contributed by atoms with Crippen molar-refractivity contribution in [3.8, 4) is 0 Å². The van der Waals surface area contributed by atoms with Crippen LogP contribution in [0.5, 0.6) is 0 Å². The molecule has 1 aromatic rings. The zero-order chi connectivity index (χ0) is 21.9. The molecule has 1 heterocycles. The highest BCUT2D eigenvalue weighted by molar-refractivity contribution is 7.80. The van der Waals surface area contributed by atoms with Gasteiger partial charge in [0.25, 0.3) is 11.6 Å². The van der Waals surface area contributed by atoms with E-state index in [1.54, 1.807) is 0 Å². The number of benzene rings is 1. The second-order valence-corrected chi connectivity index (χ2v) is 7.41. The molecule has 2 rings (SSSR count). The number of rotatable bonds is 8. The molecule has 1 aliphatic heterocycles. The molecule has 1 fully saturated rings. The zero-order valence-electron chi connectivity index (χ0n) is 15.6. The van der Waals surface area contributed by atoms with Crippen LogP contribution in [0.25, 0.3) is 0 Å². The van der Waals surface area contributed by atoms with Crippen molar-refractivity contribution in [3.63, 3.8) is 0 Å². The molecule has 1 saturated heterocycles. The van der Waals surface area contributed by atoms with Crippen molar-refractivity contribution in [2.24, 2.45) is 0 Å². The quantitative estimate of drug-likeness (QED) is 0.152. The lowest BCUT2D eigenvalue weighted by atomic mass is 9.99. The Morgan fingerprint density at radius 2 is 1.97 bits per heavy atom. The Morgan fingerprint density at radius 1 is 1.38 bits per heavy atom. The molecule has 0 spiro atoms. The number of carbonyl (C=O) groups excluding carboxylic acids is 3. The van der Waals surface area contributed by atoms with E-state index in [1.807, 2.05) is 0 Å². The zero-order valence-corrected chi connectivity index (χ0v) is 16.4. The third-order valence-corrected chi connectivity index (χ3v) is 5.05. The predicted octanol–water partition coefficient (Wildman–Crippen LogP) is 0.477. The molecule has 12 heteroatoms. The fraction of sp³-hybridized carbons (Fsp3) is 0.353. The normalized spacial score (nSPS) is 20.2. The van der Waals surface area contributed by atoms with Gasteiger partial charge in [-0.2, -0.15) is 0 Å². The second kappa shape index (κ2) is 8.92. The van der Waals surface area contributed by atoms with Gasteiger partial charge in [0.1, 0.15) is 12.6 Å². The Morgan fingerprint density at radius 3 is 2.41 bits per heavy atom. The summed E-state index contributed by atoms with van der Waals surface area (Å²) in [6, 6.07) is 2.76. The van der Waals surface area contributed by atoms with E-state index in [0.717, 1.165) is 11.8 Å². The summed E-state index contributed by atoms with van der Waals surface area (Å²) in [4.78, 5) is 47.1. The van der Waals surface area contributed by atoms with E-state index in [9.17, 15) is 33.3 Å². The lowest BCUT2D eigenvalue weighted by Crippen LogP contribution is -2.75. The number of esters is 1. The van der Waals surface area contributed by atoms with Gasteiger partial charge in [0.05, 0.1) is 4.92 Å². The number of nitrogens with zero attached hydrogens (tertiary/aromatic N) is 2. The number of hydrogen-bond donors (Lipinski definition) is 2. The maximum Gasteiger partial charge on any atom is 0.333 e. The van der Waals surface area contributed by atoms with Crippen molar-refractivity contribution in [2.45, 2.75) is 37.9 Å². The van der Waals surface area contributed by atoms with E-state index in [-0.39, 0.29) is 17.9 Å². The van der Waals surface area contributed by atoms with Crippen LogP contribution in [0.4, 0.5) is 5.69 Å². The highest BCUT2D eigenvalue weighted by Gasteiger charge is 2.56. The van der Waals surface area contributed by atoms with Gasteiger partial charge in [0.2, 0.25) is 5.91 Å². The number of non-ortho nitro benzene ring substituents is 1. The van der Waals surface area contributed by atoms with Gasteiger partial charge in [-0.15, -0.1) is 0 Å². The molecule has 0 saturated carbocycles. The molecular weight excluding hydrogens is 406 g/mol. The van der Waals surface area contributed by atoms with Gasteiger partial charge in [0.15, 0.2) is 22.5 Å². The minimum atomic E-state index is -2.54. The van der Waals surface area contributed by atoms with Crippen molar-refractivity contribution in [3.05, 3.63) is 52.1 Å². The number of likely N-dealkylation sites (tertiary alicyclic amines) is 1. The third-order valence-electron chi connectivity index (χ3n) is 4.14. The van der Waals surface area contributed by atoms with Crippen molar-refractivity contribution >= 4 is 34.6 Å². The first-order valence-electron chi connectivity index (χ1n) is 8.29. The number of ether oxygens (including phenoxy) is 1. The van der Waals surface area contributed by atoms with Crippen LogP contribution in [0, 0.1) is 10.1 Å². The highest BCUT2D eigenvalue weighted by atomic mass is 32.2. The van der Waals surface area contributed by atoms with E-state index >= 15 is 0 Å². The standard InChI is InChI=1S/C17H19N3O8S/c1-9(2)14(19-15(22)13(18-10(3)21)16(19)29(26)27)17(23)28-8-11-4-6-12(7-5-11)20(24)25/h4-7,13-14,16H,1,8H2,2-3H3,(H,18,21)(H,26,27). The Balaban J connectivity index is 2.13. The molecule has 1 aliphatic rings. The Bertz CT molecular complexity index is 885. The maximum absolute atomic E-state index is 12.6. The molecule has 11 nitrogen and oxygen atoms in total. The average molecular weight is 425 g/mol. The summed E-state index contributed by atoms with van der Waals surface area (Å²) in [6.07, 6.45) is 0. The minimum absolute atomic E-state index is 0.122. The van der Waals surface area contributed by atoms with Crippen LogP contribution in [0.2, 0.25) is 0 Å². The number of carbonyl (C=O) groups is 3. The summed E-state index contributed by atoms with van der Waals surface area (Å²) < 4.78 is 26.4. The smallest absolute Gasteiger partial charge is 0.333 e. The number of amides is 2. The summed E-state index contributed by atoms with van der Waals surface area (Å²) in [5.74, 6) is -2.17. The molecular formula is C17H19N3O8S.